The van der Waals surface area contributed by atoms with E-state index >= 15 is 0 Å². The van der Waals surface area contributed by atoms with Crippen molar-refractivity contribution >= 4 is 17.7 Å². The van der Waals surface area contributed by atoms with E-state index in [9.17, 15) is 39.2 Å². The summed E-state index contributed by atoms with van der Waals surface area (Å²) in [6, 6.07) is -2.01. The fourth-order valence-electron chi connectivity index (χ4n) is 1.61. The Morgan fingerprint density at radius 3 is 1.91 bits per heavy atom. The summed E-state index contributed by atoms with van der Waals surface area (Å²) in [5, 5.41) is 56.9. The maximum absolute atomic E-state index is 13.6. The van der Waals surface area contributed by atoms with Crippen LogP contribution in [-0.2, 0) is 14.4 Å². The Morgan fingerprint density at radius 2 is 1.55 bits per heavy atom. The molecule has 0 aromatic rings. The largest absolute Gasteiger partial charge is 0.475 e. The molecule has 0 aliphatic rings. The molecule has 0 spiro atoms. The van der Waals surface area contributed by atoms with Crippen molar-refractivity contribution in [2.75, 3.05) is 6.61 Å². The number of rotatable bonds is 9. The van der Waals surface area contributed by atoms with E-state index in [0.717, 1.165) is 6.92 Å². The summed E-state index contributed by atoms with van der Waals surface area (Å²) in [6.45, 7) is -0.0816. The molecule has 6 unspecified atom stereocenters. The Kier molecular flexibility index (Phi) is 8.05. The van der Waals surface area contributed by atoms with E-state index in [0.29, 0.717) is 0 Å². The van der Waals surface area contributed by atoms with Crippen molar-refractivity contribution in [1.82, 2.24) is 5.32 Å². The average Bonchev–Trinajstić information content (AvgIpc) is 2.47. The molecule has 1 amide bonds. The Bertz CT molecular complexity index is 418. The van der Waals surface area contributed by atoms with Crippen molar-refractivity contribution in [1.29, 1.82) is 0 Å². The number of aliphatic hydroxyl groups is 5. The van der Waals surface area contributed by atoms with E-state index in [1.54, 1.807) is 0 Å². The van der Waals surface area contributed by atoms with Crippen LogP contribution < -0.4 is 5.32 Å². The molecule has 6 atom stereocenters. The van der Waals surface area contributed by atoms with E-state index in [-0.39, 0.29) is 0 Å². The summed E-state index contributed by atoms with van der Waals surface area (Å²) in [6.07, 6.45) is -11.7. The summed E-state index contributed by atoms with van der Waals surface area (Å²) in [5.41, 5.74) is 0. The number of carboxylic acid groups (broad SMARTS) is 1. The van der Waals surface area contributed by atoms with Crippen LogP contribution in [0, 0.1) is 0 Å². The topological polar surface area (TPSA) is 185 Å². The molecule has 0 aromatic carbocycles. The van der Waals surface area contributed by atoms with Crippen molar-refractivity contribution in [3.8, 4) is 0 Å². The van der Waals surface area contributed by atoms with Crippen LogP contribution in [0.4, 0.5) is 4.39 Å². The molecule has 22 heavy (non-hydrogen) atoms. The lowest BCUT2D eigenvalue weighted by Crippen LogP contribution is -2.60. The first-order chi connectivity index (χ1) is 10.0. The van der Waals surface area contributed by atoms with E-state index in [1.165, 1.54) is 0 Å². The van der Waals surface area contributed by atoms with Gasteiger partial charge in [0, 0.05) is 6.92 Å². The lowest BCUT2D eigenvalue weighted by Gasteiger charge is -2.32. The summed E-state index contributed by atoms with van der Waals surface area (Å²) in [4.78, 5) is 32.4. The third-order valence-corrected chi connectivity index (χ3v) is 2.80. The zero-order chi connectivity index (χ0) is 17.6. The molecule has 0 aliphatic carbocycles. The standard InChI is InChI=1S/C11H18FNO9/c1-3(15)13-6(10(20)7(17)4(16)2-14)8(18)5(12)9(19)11(21)22/h4-8,10,14,16-18,20H,2H2,1H3,(H,13,15)(H,21,22)/i12-1. The Morgan fingerprint density at radius 1 is 1.05 bits per heavy atom. The van der Waals surface area contributed by atoms with Gasteiger partial charge in [-0.15, -0.1) is 0 Å². The highest BCUT2D eigenvalue weighted by Crippen LogP contribution is 2.14. The zero-order valence-corrected chi connectivity index (χ0v) is 11.5. The third kappa shape index (κ3) is 5.27. The van der Waals surface area contributed by atoms with Crippen LogP contribution in [0.15, 0.2) is 0 Å². The van der Waals surface area contributed by atoms with E-state index in [2.05, 4.69) is 0 Å². The predicted octanol–water partition coefficient (Wildman–Crippen LogP) is -4.08. The molecule has 0 radical (unpaired) electrons. The summed E-state index contributed by atoms with van der Waals surface area (Å²) in [5.74, 6) is -5.10. The first kappa shape index (κ1) is 20.3. The first-order valence-corrected chi connectivity index (χ1v) is 6.06. The minimum atomic E-state index is -3.00. The number of alkyl halides is 1. The van der Waals surface area contributed by atoms with Crippen LogP contribution in [-0.4, -0.2) is 91.5 Å². The quantitative estimate of drug-likeness (QED) is 0.207. The first-order valence-electron chi connectivity index (χ1n) is 6.06. The Hall–Kier alpha value is -1.66. The second-order valence-electron chi connectivity index (χ2n) is 4.52. The van der Waals surface area contributed by atoms with Gasteiger partial charge in [0.25, 0.3) is 5.78 Å². The number of carbonyl (C=O) groups excluding carboxylic acids is 2. The number of carboxylic acids is 1. The van der Waals surface area contributed by atoms with E-state index < -0.39 is 60.9 Å². The molecular formula is C11H18FNO9. The van der Waals surface area contributed by atoms with Crippen molar-refractivity contribution in [2.24, 2.45) is 0 Å². The monoisotopic (exact) mass is 326 g/mol. The second-order valence-corrected chi connectivity index (χ2v) is 4.52. The number of hydrogen-bond acceptors (Lipinski definition) is 8. The normalized spacial score (nSPS) is 19.4. The van der Waals surface area contributed by atoms with E-state index in [1.807, 2.05) is 5.32 Å². The van der Waals surface area contributed by atoms with E-state index in [4.69, 9.17) is 10.2 Å². The zero-order valence-electron chi connectivity index (χ0n) is 11.5. The van der Waals surface area contributed by atoms with Gasteiger partial charge in [0.15, 0.2) is 6.17 Å². The van der Waals surface area contributed by atoms with Crippen molar-refractivity contribution < 1.29 is 49.4 Å². The molecule has 11 heteroatoms. The maximum atomic E-state index is 13.6. The van der Waals surface area contributed by atoms with Gasteiger partial charge in [0.1, 0.15) is 24.4 Å². The number of hydrogen-bond donors (Lipinski definition) is 7. The highest BCUT2D eigenvalue weighted by atomic mass is 18.2. The summed E-state index contributed by atoms with van der Waals surface area (Å²) >= 11 is 0. The minimum Gasteiger partial charge on any atom is -0.475 e. The van der Waals surface area contributed by atoms with Crippen molar-refractivity contribution in [3.63, 3.8) is 0 Å². The Balaban J connectivity index is 5.30. The molecule has 0 aliphatic heterocycles. The van der Waals surface area contributed by atoms with Crippen LogP contribution in [0.5, 0.6) is 0 Å². The highest BCUT2D eigenvalue weighted by Gasteiger charge is 2.43. The van der Waals surface area contributed by atoms with Gasteiger partial charge in [-0.2, -0.15) is 0 Å². The average molecular weight is 326 g/mol. The minimum absolute atomic E-state index is 0.899. The number of carbonyl (C=O) groups is 3. The fraction of sp³-hybridized carbons (Fsp3) is 0.727. The molecule has 0 saturated heterocycles. The molecule has 0 rings (SSSR count). The van der Waals surface area contributed by atoms with Crippen molar-refractivity contribution in [2.45, 2.75) is 43.6 Å². The number of ketones is 1. The van der Waals surface area contributed by atoms with Crippen LogP contribution >= 0.6 is 0 Å². The predicted molar refractivity (Wildman–Crippen MR) is 66.3 cm³/mol. The fourth-order valence-corrected chi connectivity index (χ4v) is 1.61. The lowest BCUT2D eigenvalue weighted by atomic mass is 9.93. The molecule has 0 aromatic heterocycles. The van der Waals surface area contributed by atoms with Gasteiger partial charge in [-0.25, -0.2) is 9.18 Å². The number of amides is 1. The van der Waals surface area contributed by atoms with Crippen LogP contribution in [0.25, 0.3) is 0 Å². The van der Waals surface area contributed by atoms with Gasteiger partial charge in [-0.3, -0.25) is 9.59 Å². The molecule has 0 heterocycles. The summed E-state index contributed by atoms with van der Waals surface area (Å²) < 4.78 is 13.6. The third-order valence-electron chi connectivity index (χ3n) is 2.80. The Labute approximate surface area is 123 Å². The number of Topliss-reactive ketones (excluding diaryl/α,β-unsaturated/α-hetero) is 1. The lowest BCUT2D eigenvalue weighted by molar-refractivity contribution is -0.156. The van der Waals surface area contributed by atoms with Gasteiger partial charge < -0.3 is 36.0 Å². The molecule has 0 bridgehead atoms. The van der Waals surface area contributed by atoms with Gasteiger partial charge in [-0.1, -0.05) is 0 Å². The number of aliphatic hydroxyl groups excluding tert-OH is 5. The molecule has 7 N–H and O–H groups in total. The number of aliphatic carboxylic acids is 1. The van der Waals surface area contributed by atoms with Crippen molar-refractivity contribution in [3.05, 3.63) is 0 Å². The van der Waals surface area contributed by atoms with Gasteiger partial charge in [0.2, 0.25) is 5.91 Å². The number of nitrogens with one attached hydrogen (secondary N) is 1. The van der Waals surface area contributed by atoms with Gasteiger partial charge in [-0.05, 0) is 0 Å². The number of halogens is 1. The smallest absolute Gasteiger partial charge is 0.375 e. The van der Waals surface area contributed by atoms with Crippen LogP contribution in [0.1, 0.15) is 6.92 Å². The maximum Gasteiger partial charge on any atom is 0.375 e. The molecule has 10 nitrogen and oxygen atoms in total. The summed E-state index contributed by atoms with van der Waals surface area (Å²) in [7, 11) is 0. The highest BCUT2D eigenvalue weighted by molar-refractivity contribution is 6.34. The van der Waals surface area contributed by atoms with Gasteiger partial charge >= 0.3 is 5.97 Å². The molecule has 128 valence electrons. The van der Waals surface area contributed by atoms with Crippen LogP contribution in [0.2, 0.25) is 0 Å². The second kappa shape index (κ2) is 8.70. The molecular weight excluding hydrogens is 308 g/mol. The molecule has 0 saturated carbocycles. The van der Waals surface area contributed by atoms with Gasteiger partial charge in [0.05, 0.1) is 12.6 Å². The molecule has 0 fully saturated rings. The SMILES string of the molecule is CC(=O)NC(C(O)C([18F])C(=O)C(=O)O)C(O)C(O)C(O)CO. The van der Waals surface area contributed by atoms with Crippen LogP contribution in [0.3, 0.4) is 0 Å².